The van der Waals surface area contributed by atoms with Crippen molar-refractivity contribution in [3.05, 3.63) is 51.4 Å². The fraction of sp³-hybridized carbons (Fsp3) is 0.417. The highest BCUT2D eigenvalue weighted by molar-refractivity contribution is 7.17. The van der Waals surface area contributed by atoms with Gasteiger partial charge in [0.05, 0.1) is 22.8 Å². The van der Waals surface area contributed by atoms with E-state index in [1.165, 1.54) is 11.3 Å². The van der Waals surface area contributed by atoms with E-state index in [1.807, 2.05) is 0 Å². The minimum Gasteiger partial charge on any atom is -0.376 e. The van der Waals surface area contributed by atoms with E-state index >= 15 is 0 Å². The highest BCUT2D eigenvalue weighted by atomic mass is 32.1. The number of nitrogens with zero attached hydrogens (tertiary/aromatic N) is 1. The fourth-order valence-electron chi connectivity index (χ4n) is 4.69. The van der Waals surface area contributed by atoms with Crippen molar-refractivity contribution in [1.29, 1.82) is 0 Å². The molecule has 1 fully saturated rings. The van der Waals surface area contributed by atoms with Crippen molar-refractivity contribution in [3.8, 4) is 0 Å². The molecule has 8 nitrogen and oxygen atoms in total. The number of hydrogen-bond acceptors (Lipinski definition) is 6. The Hall–Kier alpha value is -3.04. The van der Waals surface area contributed by atoms with Gasteiger partial charge in [-0.1, -0.05) is 12.1 Å². The van der Waals surface area contributed by atoms with Gasteiger partial charge in [0.1, 0.15) is 11.5 Å². The summed E-state index contributed by atoms with van der Waals surface area (Å²) >= 11 is 1.41. The number of nitrogens with one attached hydrogen (secondary N) is 2. The second-order valence-corrected chi connectivity index (χ2v) is 9.66. The topological polar surface area (TPSA) is 105 Å². The first-order chi connectivity index (χ1) is 16.0. The summed E-state index contributed by atoms with van der Waals surface area (Å²) in [7, 11) is 0. The Bertz CT molecular complexity index is 1100. The molecule has 0 unspecified atom stereocenters. The van der Waals surface area contributed by atoms with Crippen molar-refractivity contribution in [1.82, 2.24) is 10.2 Å². The Kier molecular flexibility index (Phi) is 5.99. The molecule has 1 saturated heterocycles. The second-order valence-electron chi connectivity index (χ2n) is 8.55. The molecule has 5 rings (SSSR count). The molecular formula is C24H25N3O5S. The third-order valence-corrected chi connectivity index (χ3v) is 7.55. The maximum Gasteiger partial charge on any atom is 0.262 e. The zero-order valence-corrected chi connectivity index (χ0v) is 19.0. The number of rotatable bonds is 6. The lowest BCUT2D eigenvalue weighted by Crippen LogP contribution is -2.37. The molecule has 0 spiro atoms. The van der Waals surface area contributed by atoms with Crippen LogP contribution in [-0.4, -0.2) is 54.3 Å². The molecular weight excluding hydrogens is 442 g/mol. The standard InChI is InChI=1S/C24H25N3O5S/c28-19(13-27-23(30)15-7-1-2-8-16(15)24(27)31)26-22-20(17-9-3-4-10-18(17)33-22)21(29)25-12-14-6-5-11-32-14/h1-2,7-8,14H,3-6,9-13H2,(H,25,29)(H,26,28)/t14-/m1/s1. The summed E-state index contributed by atoms with van der Waals surface area (Å²) in [6.45, 7) is 0.755. The summed E-state index contributed by atoms with van der Waals surface area (Å²) in [6, 6.07) is 6.53. The summed E-state index contributed by atoms with van der Waals surface area (Å²) in [6.07, 6.45) is 5.66. The number of benzene rings is 1. The molecule has 1 atom stereocenters. The van der Waals surface area contributed by atoms with Gasteiger partial charge in [-0.15, -0.1) is 11.3 Å². The van der Waals surface area contributed by atoms with Gasteiger partial charge in [0.2, 0.25) is 5.91 Å². The Morgan fingerprint density at radius 3 is 2.48 bits per heavy atom. The van der Waals surface area contributed by atoms with Gasteiger partial charge in [0, 0.05) is 18.0 Å². The third kappa shape index (κ3) is 4.18. The molecule has 2 aromatic rings. The number of thiophene rings is 1. The highest BCUT2D eigenvalue weighted by Gasteiger charge is 2.36. The van der Waals surface area contributed by atoms with Gasteiger partial charge in [0.15, 0.2) is 0 Å². The first-order valence-electron chi connectivity index (χ1n) is 11.3. The van der Waals surface area contributed by atoms with E-state index in [2.05, 4.69) is 10.6 Å². The van der Waals surface area contributed by atoms with Crippen molar-refractivity contribution in [2.24, 2.45) is 0 Å². The molecule has 4 amide bonds. The first kappa shape index (κ1) is 21.8. The third-order valence-electron chi connectivity index (χ3n) is 6.35. The summed E-state index contributed by atoms with van der Waals surface area (Å²) in [5, 5.41) is 6.26. The average Bonchev–Trinajstić information content (AvgIpc) is 3.52. The van der Waals surface area contributed by atoms with Crippen LogP contribution in [0.1, 0.15) is 67.2 Å². The molecule has 33 heavy (non-hydrogen) atoms. The SMILES string of the molecule is O=C(CN1C(=O)c2ccccc2C1=O)Nc1sc2c(c1C(=O)NC[C@H]1CCCO1)CCCC2. The Balaban J connectivity index is 1.32. The predicted octanol–water partition coefficient (Wildman–Crippen LogP) is 2.77. The molecule has 0 saturated carbocycles. The molecule has 1 aliphatic carbocycles. The number of carbonyl (C=O) groups excluding carboxylic acids is 4. The lowest BCUT2D eigenvalue weighted by atomic mass is 9.95. The van der Waals surface area contributed by atoms with Gasteiger partial charge in [-0.05, 0) is 56.2 Å². The second kappa shape index (κ2) is 9.07. The molecule has 9 heteroatoms. The van der Waals surface area contributed by atoms with Gasteiger partial charge in [0.25, 0.3) is 17.7 Å². The number of fused-ring (bicyclic) bond motifs is 2. The smallest absolute Gasteiger partial charge is 0.262 e. The lowest BCUT2D eigenvalue weighted by Gasteiger charge is -2.16. The first-order valence-corrected chi connectivity index (χ1v) is 12.1. The van der Waals surface area contributed by atoms with Crippen molar-refractivity contribution in [3.63, 3.8) is 0 Å². The van der Waals surface area contributed by atoms with Crippen LogP contribution in [0, 0.1) is 0 Å². The van der Waals surface area contributed by atoms with E-state index in [9.17, 15) is 19.2 Å². The maximum atomic E-state index is 13.1. The lowest BCUT2D eigenvalue weighted by molar-refractivity contribution is -0.116. The Morgan fingerprint density at radius 1 is 1.06 bits per heavy atom. The van der Waals surface area contributed by atoms with E-state index in [4.69, 9.17) is 4.74 Å². The van der Waals surface area contributed by atoms with Crippen LogP contribution in [0.4, 0.5) is 5.00 Å². The zero-order chi connectivity index (χ0) is 22.9. The highest BCUT2D eigenvalue weighted by Crippen LogP contribution is 2.38. The average molecular weight is 468 g/mol. The Labute approximate surface area is 195 Å². The van der Waals surface area contributed by atoms with Crippen LogP contribution in [0.3, 0.4) is 0 Å². The van der Waals surface area contributed by atoms with Gasteiger partial charge in [-0.2, -0.15) is 0 Å². The van der Waals surface area contributed by atoms with Gasteiger partial charge in [-0.25, -0.2) is 0 Å². The molecule has 2 N–H and O–H groups in total. The van der Waals surface area contributed by atoms with Crippen molar-refractivity contribution < 1.29 is 23.9 Å². The van der Waals surface area contributed by atoms with Crippen LogP contribution < -0.4 is 10.6 Å². The van der Waals surface area contributed by atoms with E-state index in [0.717, 1.165) is 53.9 Å². The van der Waals surface area contributed by atoms with Crippen LogP contribution in [0.2, 0.25) is 0 Å². The molecule has 2 aliphatic heterocycles. The summed E-state index contributed by atoms with van der Waals surface area (Å²) in [4.78, 5) is 53.2. The number of carbonyl (C=O) groups is 4. The van der Waals surface area contributed by atoms with E-state index in [0.29, 0.717) is 34.8 Å². The summed E-state index contributed by atoms with van der Waals surface area (Å²) in [5.74, 6) is -1.69. The quantitative estimate of drug-likeness (QED) is 0.636. The van der Waals surface area contributed by atoms with Gasteiger partial charge >= 0.3 is 0 Å². The molecule has 3 aliphatic rings. The predicted molar refractivity (Wildman–Crippen MR) is 123 cm³/mol. The molecule has 172 valence electrons. The summed E-state index contributed by atoms with van der Waals surface area (Å²) < 4.78 is 5.60. The molecule has 1 aromatic carbocycles. The molecule has 0 radical (unpaired) electrons. The number of amides is 4. The van der Waals surface area contributed by atoms with Crippen LogP contribution in [0.25, 0.3) is 0 Å². The number of anilines is 1. The Morgan fingerprint density at radius 2 is 1.79 bits per heavy atom. The number of aryl methyl sites for hydroxylation is 1. The van der Waals surface area contributed by atoms with Crippen LogP contribution in [0.15, 0.2) is 24.3 Å². The van der Waals surface area contributed by atoms with Crippen LogP contribution in [-0.2, 0) is 22.4 Å². The molecule has 0 bridgehead atoms. The van der Waals surface area contributed by atoms with Crippen LogP contribution >= 0.6 is 11.3 Å². The van der Waals surface area contributed by atoms with Crippen LogP contribution in [0.5, 0.6) is 0 Å². The minimum atomic E-state index is -0.503. The normalized spacial score (nSPS) is 19.4. The zero-order valence-electron chi connectivity index (χ0n) is 18.1. The van der Waals surface area contributed by atoms with E-state index in [-0.39, 0.29) is 12.0 Å². The maximum absolute atomic E-state index is 13.1. The fourth-order valence-corrected chi connectivity index (χ4v) is 5.99. The number of imide groups is 1. The van der Waals surface area contributed by atoms with E-state index in [1.54, 1.807) is 24.3 Å². The minimum absolute atomic E-state index is 0.0234. The largest absolute Gasteiger partial charge is 0.376 e. The van der Waals surface area contributed by atoms with Crippen molar-refractivity contribution in [2.75, 3.05) is 25.0 Å². The van der Waals surface area contributed by atoms with Gasteiger partial charge < -0.3 is 15.4 Å². The van der Waals surface area contributed by atoms with Gasteiger partial charge in [-0.3, -0.25) is 24.1 Å². The van der Waals surface area contributed by atoms with Crippen molar-refractivity contribution in [2.45, 2.75) is 44.6 Å². The summed E-state index contributed by atoms with van der Waals surface area (Å²) in [5.41, 5.74) is 2.10. The van der Waals surface area contributed by atoms with E-state index < -0.39 is 24.3 Å². The molecule has 1 aromatic heterocycles. The number of hydrogen-bond donors (Lipinski definition) is 2. The van der Waals surface area contributed by atoms with Crippen molar-refractivity contribution >= 4 is 40.0 Å². The monoisotopic (exact) mass is 467 g/mol. The number of ether oxygens (including phenoxy) is 1. The molecule has 3 heterocycles.